The fraction of sp³-hybridized carbons (Fsp3) is 0.167. The summed E-state index contributed by atoms with van der Waals surface area (Å²) in [4.78, 5) is 0.219. The molecule has 0 bridgehead atoms. The quantitative estimate of drug-likeness (QED) is 0.774. The first-order valence-electron chi connectivity index (χ1n) is 7.49. The zero-order valence-corrected chi connectivity index (χ0v) is 14.8. The van der Waals surface area contributed by atoms with Gasteiger partial charge in [-0.3, -0.25) is 0 Å². The Hall–Kier alpha value is -2.11. The zero-order chi connectivity index (χ0) is 17.3. The summed E-state index contributed by atoms with van der Waals surface area (Å²) >= 11 is 6.02. The zero-order valence-electron chi connectivity index (χ0n) is 13.2. The standard InChI is InChI=1S/C18H17ClN2O2S/c1-3-16-12-18(14-5-4-6-15(19)11-14)20-21(16)24(22,23)17-9-7-13(2)8-10-17/h3-11,16H,1,12H2,2H3/t16-/m0/s1. The topological polar surface area (TPSA) is 49.7 Å². The number of nitrogens with zero attached hydrogens (tertiary/aromatic N) is 2. The molecule has 0 amide bonds. The fourth-order valence-corrected chi connectivity index (χ4v) is 4.19. The van der Waals surface area contributed by atoms with Crippen LogP contribution in [0.15, 0.2) is 71.2 Å². The van der Waals surface area contributed by atoms with E-state index in [0.29, 0.717) is 17.2 Å². The molecule has 1 aliphatic rings. The number of benzene rings is 2. The summed E-state index contributed by atoms with van der Waals surface area (Å²) in [6.07, 6.45) is 2.07. The lowest BCUT2D eigenvalue weighted by atomic mass is 10.0. The second-order valence-electron chi connectivity index (χ2n) is 5.65. The van der Waals surface area contributed by atoms with Crippen LogP contribution in [0.2, 0.25) is 5.02 Å². The van der Waals surface area contributed by atoms with Crippen molar-refractivity contribution < 1.29 is 8.42 Å². The van der Waals surface area contributed by atoms with Gasteiger partial charge in [0.05, 0.1) is 16.6 Å². The molecule has 0 fully saturated rings. The Morgan fingerprint density at radius 2 is 1.96 bits per heavy atom. The SMILES string of the molecule is C=C[C@H]1CC(c2cccc(Cl)c2)=NN1S(=O)(=O)c1ccc(C)cc1. The van der Waals surface area contributed by atoms with Crippen LogP contribution in [0.5, 0.6) is 0 Å². The van der Waals surface area contributed by atoms with Gasteiger partial charge in [-0.1, -0.05) is 47.5 Å². The molecule has 124 valence electrons. The summed E-state index contributed by atoms with van der Waals surface area (Å²) in [5.74, 6) is 0. The second kappa shape index (κ2) is 6.42. The van der Waals surface area contributed by atoms with Crippen molar-refractivity contribution >= 4 is 27.3 Å². The maximum Gasteiger partial charge on any atom is 0.279 e. The predicted octanol–water partition coefficient (Wildman–Crippen LogP) is 4.00. The molecule has 6 heteroatoms. The summed E-state index contributed by atoms with van der Waals surface area (Å²) in [5, 5.41) is 4.94. The Balaban J connectivity index is 2.01. The fourth-order valence-electron chi connectivity index (χ4n) is 2.58. The first kappa shape index (κ1) is 16.7. The Morgan fingerprint density at radius 1 is 1.25 bits per heavy atom. The number of rotatable bonds is 4. The summed E-state index contributed by atoms with van der Waals surface area (Å²) in [6, 6.07) is 13.6. The van der Waals surface area contributed by atoms with E-state index in [9.17, 15) is 8.42 Å². The molecule has 1 aliphatic heterocycles. The third-order valence-corrected chi connectivity index (χ3v) is 5.85. The lowest BCUT2D eigenvalue weighted by molar-refractivity contribution is 0.409. The molecule has 0 spiro atoms. The average Bonchev–Trinajstić information content (AvgIpc) is 3.00. The van der Waals surface area contributed by atoms with Gasteiger partial charge >= 0.3 is 0 Å². The third kappa shape index (κ3) is 3.09. The average molecular weight is 361 g/mol. The Kier molecular flexibility index (Phi) is 4.47. The molecule has 3 rings (SSSR count). The third-order valence-electron chi connectivity index (χ3n) is 3.90. The van der Waals surface area contributed by atoms with Crippen LogP contribution in [0.1, 0.15) is 17.5 Å². The molecule has 0 radical (unpaired) electrons. The number of aryl methyl sites for hydroxylation is 1. The van der Waals surface area contributed by atoms with E-state index in [1.54, 1.807) is 42.5 Å². The highest BCUT2D eigenvalue weighted by Gasteiger charge is 2.35. The van der Waals surface area contributed by atoms with Crippen LogP contribution < -0.4 is 0 Å². The van der Waals surface area contributed by atoms with Crippen LogP contribution in [-0.2, 0) is 10.0 Å². The van der Waals surface area contributed by atoms with Crippen molar-refractivity contribution in [2.24, 2.45) is 5.10 Å². The molecule has 4 nitrogen and oxygen atoms in total. The second-order valence-corrected chi connectivity index (χ2v) is 7.89. The minimum Gasteiger partial charge on any atom is -0.200 e. The van der Waals surface area contributed by atoms with Crippen LogP contribution in [0.25, 0.3) is 0 Å². The Morgan fingerprint density at radius 3 is 2.58 bits per heavy atom. The summed E-state index contributed by atoms with van der Waals surface area (Å²) < 4.78 is 26.9. The number of sulfonamides is 1. The molecular weight excluding hydrogens is 344 g/mol. The molecule has 1 atom stereocenters. The minimum absolute atomic E-state index is 0.219. The number of hydrogen-bond acceptors (Lipinski definition) is 3. The van der Waals surface area contributed by atoms with Gasteiger partial charge in [0, 0.05) is 11.4 Å². The van der Waals surface area contributed by atoms with Crippen LogP contribution in [0.4, 0.5) is 0 Å². The monoisotopic (exact) mass is 360 g/mol. The van der Waals surface area contributed by atoms with Gasteiger partial charge in [0.1, 0.15) is 0 Å². The minimum atomic E-state index is -3.73. The first-order chi connectivity index (χ1) is 11.4. The highest BCUT2D eigenvalue weighted by molar-refractivity contribution is 7.89. The molecule has 1 heterocycles. The largest absolute Gasteiger partial charge is 0.279 e. The van der Waals surface area contributed by atoms with E-state index in [4.69, 9.17) is 11.6 Å². The molecule has 24 heavy (non-hydrogen) atoms. The normalized spacial score (nSPS) is 17.7. The summed E-state index contributed by atoms with van der Waals surface area (Å²) in [7, 11) is -3.73. The van der Waals surface area contributed by atoms with Crippen molar-refractivity contribution in [3.05, 3.63) is 77.3 Å². The van der Waals surface area contributed by atoms with E-state index >= 15 is 0 Å². The molecule has 0 N–H and O–H groups in total. The van der Waals surface area contributed by atoms with E-state index in [2.05, 4.69) is 11.7 Å². The Labute approximate surface area is 147 Å². The van der Waals surface area contributed by atoms with Crippen molar-refractivity contribution in [1.29, 1.82) is 0 Å². The van der Waals surface area contributed by atoms with E-state index in [1.165, 1.54) is 0 Å². The summed E-state index contributed by atoms with van der Waals surface area (Å²) in [5.41, 5.74) is 2.49. The number of hydrazone groups is 1. The highest BCUT2D eigenvalue weighted by Crippen LogP contribution is 2.28. The molecular formula is C18H17ClN2O2S. The van der Waals surface area contributed by atoms with E-state index < -0.39 is 16.1 Å². The van der Waals surface area contributed by atoms with Crippen molar-refractivity contribution in [1.82, 2.24) is 4.41 Å². The highest BCUT2D eigenvalue weighted by atomic mass is 35.5. The van der Waals surface area contributed by atoms with Crippen LogP contribution >= 0.6 is 11.6 Å². The van der Waals surface area contributed by atoms with E-state index in [0.717, 1.165) is 15.5 Å². The van der Waals surface area contributed by atoms with Gasteiger partial charge in [0.25, 0.3) is 10.0 Å². The van der Waals surface area contributed by atoms with Gasteiger partial charge in [-0.2, -0.15) is 17.9 Å². The number of hydrogen-bond donors (Lipinski definition) is 0. The molecule has 0 unspecified atom stereocenters. The van der Waals surface area contributed by atoms with E-state index in [-0.39, 0.29) is 4.90 Å². The van der Waals surface area contributed by atoms with Gasteiger partial charge in [0.2, 0.25) is 0 Å². The predicted molar refractivity (Wildman–Crippen MR) is 96.8 cm³/mol. The molecule has 0 aromatic heterocycles. The van der Waals surface area contributed by atoms with Gasteiger partial charge in [-0.25, -0.2) is 0 Å². The van der Waals surface area contributed by atoms with Crippen molar-refractivity contribution in [2.45, 2.75) is 24.3 Å². The molecule has 0 saturated heterocycles. The lowest BCUT2D eigenvalue weighted by Crippen LogP contribution is -2.31. The van der Waals surface area contributed by atoms with Crippen LogP contribution in [0, 0.1) is 6.92 Å². The van der Waals surface area contributed by atoms with Gasteiger partial charge in [-0.15, -0.1) is 6.58 Å². The van der Waals surface area contributed by atoms with Gasteiger partial charge in [-0.05, 0) is 36.8 Å². The smallest absolute Gasteiger partial charge is 0.200 e. The van der Waals surface area contributed by atoms with E-state index in [1.807, 2.05) is 19.1 Å². The van der Waals surface area contributed by atoms with Gasteiger partial charge in [0.15, 0.2) is 0 Å². The van der Waals surface area contributed by atoms with Crippen molar-refractivity contribution in [2.75, 3.05) is 0 Å². The first-order valence-corrected chi connectivity index (χ1v) is 9.30. The summed E-state index contributed by atoms with van der Waals surface area (Å²) in [6.45, 7) is 5.67. The lowest BCUT2D eigenvalue weighted by Gasteiger charge is -2.20. The van der Waals surface area contributed by atoms with Crippen molar-refractivity contribution in [3.8, 4) is 0 Å². The van der Waals surface area contributed by atoms with Crippen LogP contribution in [0.3, 0.4) is 0 Å². The molecule has 0 aliphatic carbocycles. The maximum absolute atomic E-state index is 12.9. The van der Waals surface area contributed by atoms with Gasteiger partial charge < -0.3 is 0 Å². The van der Waals surface area contributed by atoms with Crippen molar-refractivity contribution in [3.63, 3.8) is 0 Å². The van der Waals surface area contributed by atoms with Crippen LogP contribution in [-0.4, -0.2) is 24.6 Å². The maximum atomic E-state index is 12.9. The molecule has 2 aromatic rings. The molecule has 2 aromatic carbocycles. The number of halogens is 1. The Bertz CT molecular complexity index is 905. The molecule has 0 saturated carbocycles.